The third kappa shape index (κ3) is 10.4. The average molecular weight is 339 g/mol. The van der Waals surface area contributed by atoms with Crippen molar-refractivity contribution in [2.75, 3.05) is 7.11 Å². The van der Waals surface area contributed by atoms with Crippen molar-refractivity contribution in [1.82, 2.24) is 0 Å². The van der Waals surface area contributed by atoms with Crippen molar-refractivity contribution in [3.63, 3.8) is 0 Å². The van der Waals surface area contributed by atoms with E-state index in [0.717, 1.165) is 16.2 Å². The molecule has 0 aliphatic heterocycles. The van der Waals surface area contributed by atoms with Crippen LogP contribution in [0.2, 0.25) is 0 Å². The normalized spacial score (nSPS) is 11.0. The smallest absolute Gasteiger partial charge is 0.0857 e. The summed E-state index contributed by atoms with van der Waals surface area (Å²) >= 11 is 8.17. The fourth-order valence-electron chi connectivity index (χ4n) is 1.27. The molecule has 5 heteroatoms. The number of methoxy groups -OCH3 is 1. The molecule has 1 aromatic rings. The predicted molar refractivity (Wildman–Crippen MR) is 104 cm³/mol. The highest BCUT2D eigenvalue weighted by Gasteiger charge is 1.93. The third-order valence-corrected chi connectivity index (χ3v) is 2.53. The van der Waals surface area contributed by atoms with Crippen molar-refractivity contribution in [1.29, 1.82) is 0 Å². The Kier molecular flexibility index (Phi) is 15.3. The highest BCUT2D eigenvalue weighted by Crippen LogP contribution is 2.16. The van der Waals surface area contributed by atoms with E-state index in [1.54, 1.807) is 24.7 Å². The lowest BCUT2D eigenvalue weighted by Gasteiger charge is -1.99. The second-order valence-electron chi connectivity index (χ2n) is 3.68. The third-order valence-electron chi connectivity index (χ3n) is 2.10. The second-order valence-corrected chi connectivity index (χ2v) is 4.49. The Morgan fingerprint density at radius 1 is 1.27 bits per heavy atom. The number of thiol groups is 2. The second kappa shape index (κ2) is 14.6. The molecule has 0 aliphatic rings. The van der Waals surface area contributed by atoms with Crippen LogP contribution in [0.3, 0.4) is 0 Å². The van der Waals surface area contributed by atoms with Crippen LogP contribution < -0.4 is 0 Å². The zero-order valence-corrected chi connectivity index (χ0v) is 14.4. The summed E-state index contributed by atoms with van der Waals surface area (Å²) in [7, 11) is 1.66. The minimum Gasteiger partial charge on any atom is -0.380 e. The number of hydrogen-bond acceptors (Lipinski definition) is 5. The Balaban J connectivity index is 0. The standard InChI is InChI=1S/C14H16N2OS2.C2H6.CH4/c1-11(9-14(19)7-8-18)15-16-13-5-3-12(4-6-13)10-17-2;1-2;/h3-9,18-19H,1,10H2,2H3;1-2H3;1H4/b8-7+,14-9+,16-15?;;. The molecule has 0 bridgehead atoms. The van der Waals surface area contributed by atoms with Crippen molar-refractivity contribution in [2.24, 2.45) is 10.2 Å². The lowest BCUT2D eigenvalue weighted by molar-refractivity contribution is 0.185. The number of ether oxygens (including phenoxy) is 1. The van der Waals surface area contributed by atoms with Gasteiger partial charge in [-0.2, -0.15) is 22.9 Å². The van der Waals surface area contributed by atoms with E-state index in [9.17, 15) is 0 Å². The molecule has 0 atom stereocenters. The van der Waals surface area contributed by atoms with E-state index < -0.39 is 0 Å². The largest absolute Gasteiger partial charge is 0.380 e. The molecular formula is C17H26N2OS2. The molecule has 0 saturated heterocycles. The number of rotatable bonds is 6. The summed E-state index contributed by atoms with van der Waals surface area (Å²) in [6.07, 6.45) is 3.44. The fourth-order valence-corrected chi connectivity index (χ4v) is 1.77. The van der Waals surface area contributed by atoms with Gasteiger partial charge in [-0.15, -0.1) is 12.6 Å². The summed E-state index contributed by atoms with van der Waals surface area (Å²) in [5.74, 6) is 0. The van der Waals surface area contributed by atoms with Crippen molar-refractivity contribution < 1.29 is 4.74 Å². The Hall–Kier alpha value is -1.30. The summed E-state index contributed by atoms with van der Waals surface area (Å²) < 4.78 is 5.04. The SMILES string of the molecule is C.C=C(/C=C(S)\C=C\S)N=Nc1ccc(COC)cc1.CC. The maximum atomic E-state index is 5.04. The van der Waals surface area contributed by atoms with Crippen LogP contribution >= 0.6 is 25.3 Å². The molecule has 0 fully saturated rings. The van der Waals surface area contributed by atoms with E-state index in [1.165, 1.54) is 0 Å². The average Bonchev–Trinajstić information content (AvgIpc) is 2.49. The molecule has 122 valence electrons. The van der Waals surface area contributed by atoms with Gasteiger partial charge in [-0.25, -0.2) is 0 Å². The quantitative estimate of drug-likeness (QED) is 0.354. The van der Waals surface area contributed by atoms with Gasteiger partial charge < -0.3 is 4.74 Å². The number of allylic oxidation sites excluding steroid dienone is 2. The minimum absolute atomic E-state index is 0. The van der Waals surface area contributed by atoms with Crippen LogP contribution in [-0.2, 0) is 11.3 Å². The lowest BCUT2D eigenvalue weighted by atomic mass is 10.2. The predicted octanol–water partition coefficient (Wildman–Crippen LogP) is 6.35. The highest BCUT2D eigenvalue weighted by atomic mass is 32.1. The van der Waals surface area contributed by atoms with Gasteiger partial charge in [0.15, 0.2) is 0 Å². The summed E-state index contributed by atoms with van der Waals surface area (Å²) in [5.41, 5.74) is 2.38. The van der Waals surface area contributed by atoms with Gasteiger partial charge in [0.1, 0.15) is 0 Å². The molecule has 0 N–H and O–H groups in total. The van der Waals surface area contributed by atoms with E-state index in [4.69, 9.17) is 4.74 Å². The first-order valence-corrected chi connectivity index (χ1v) is 7.52. The number of nitrogens with zero attached hydrogens (tertiary/aromatic N) is 2. The molecule has 0 aliphatic carbocycles. The van der Waals surface area contributed by atoms with Crippen LogP contribution in [0.25, 0.3) is 0 Å². The van der Waals surface area contributed by atoms with Crippen LogP contribution in [0.1, 0.15) is 26.8 Å². The van der Waals surface area contributed by atoms with Crippen LogP contribution in [0.5, 0.6) is 0 Å². The van der Waals surface area contributed by atoms with E-state index in [-0.39, 0.29) is 7.43 Å². The van der Waals surface area contributed by atoms with Gasteiger partial charge in [-0.05, 0) is 35.3 Å². The number of benzene rings is 1. The van der Waals surface area contributed by atoms with Crippen LogP contribution in [0, 0.1) is 0 Å². The Labute approximate surface area is 145 Å². The maximum absolute atomic E-state index is 5.04. The van der Waals surface area contributed by atoms with Crippen molar-refractivity contribution >= 4 is 30.9 Å². The highest BCUT2D eigenvalue weighted by molar-refractivity contribution is 7.85. The first kappa shape index (κ1) is 23.0. The first-order chi connectivity index (χ1) is 10.2. The van der Waals surface area contributed by atoms with Crippen LogP contribution in [-0.4, -0.2) is 7.11 Å². The molecule has 0 radical (unpaired) electrons. The van der Waals surface area contributed by atoms with Crippen LogP contribution in [0.15, 0.2) is 69.2 Å². The van der Waals surface area contributed by atoms with Crippen molar-refractivity contribution in [3.8, 4) is 0 Å². The summed E-state index contributed by atoms with van der Waals surface area (Å²) in [4.78, 5) is 0.717. The Morgan fingerprint density at radius 2 is 1.86 bits per heavy atom. The molecule has 0 amide bonds. The summed E-state index contributed by atoms with van der Waals surface area (Å²) in [5, 5.41) is 9.69. The molecule has 0 heterocycles. The van der Waals surface area contributed by atoms with Crippen molar-refractivity contribution in [2.45, 2.75) is 27.9 Å². The van der Waals surface area contributed by atoms with Gasteiger partial charge in [0.2, 0.25) is 0 Å². The van der Waals surface area contributed by atoms with Crippen molar-refractivity contribution in [3.05, 3.63) is 64.6 Å². The zero-order chi connectivity index (χ0) is 16.1. The Morgan fingerprint density at radius 3 is 2.36 bits per heavy atom. The van der Waals surface area contributed by atoms with E-state index in [1.807, 2.05) is 38.1 Å². The molecule has 3 nitrogen and oxygen atoms in total. The zero-order valence-electron chi connectivity index (χ0n) is 12.7. The van der Waals surface area contributed by atoms with Gasteiger partial charge in [-0.3, -0.25) is 0 Å². The number of hydrogen-bond donors (Lipinski definition) is 2. The molecular weight excluding hydrogens is 312 g/mol. The van der Waals surface area contributed by atoms with E-state index in [2.05, 4.69) is 42.1 Å². The van der Waals surface area contributed by atoms with Gasteiger partial charge in [-0.1, -0.05) is 40.0 Å². The monoisotopic (exact) mass is 338 g/mol. The van der Waals surface area contributed by atoms with Gasteiger partial charge in [0.05, 0.1) is 18.0 Å². The lowest BCUT2D eigenvalue weighted by Crippen LogP contribution is -1.85. The molecule has 0 spiro atoms. The van der Waals surface area contributed by atoms with Gasteiger partial charge in [0.25, 0.3) is 0 Å². The maximum Gasteiger partial charge on any atom is 0.0857 e. The first-order valence-electron chi connectivity index (χ1n) is 6.55. The van der Waals surface area contributed by atoms with Gasteiger partial charge in [0, 0.05) is 12.0 Å². The number of azo groups is 1. The van der Waals surface area contributed by atoms with Crippen LogP contribution in [0.4, 0.5) is 5.69 Å². The summed E-state index contributed by atoms with van der Waals surface area (Å²) in [6.45, 7) is 8.36. The van der Waals surface area contributed by atoms with Gasteiger partial charge >= 0.3 is 0 Å². The minimum atomic E-state index is 0. The molecule has 0 saturated carbocycles. The van der Waals surface area contributed by atoms with E-state index in [0.29, 0.717) is 12.3 Å². The molecule has 22 heavy (non-hydrogen) atoms. The van der Waals surface area contributed by atoms with E-state index >= 15 is 0 Å². The molecule has 0 aromatic heterocycles. The fraction of sp³-hybridized carbons (Fsp3) is 0.294. The summed E-state index contributed by atoms with van der Waals surface area (Å²) in [6, 6.07) is 7.66. The topological polar surface area (TPSA) is 34.0 Å². The molecule has 1 aromatic carbocycles. The molecule has 1 rings (SSSR count). The Bertz CT molecular complexity index is 506. The molecule has 0 unspecified atom stereocenters.